The van der Waals surface area contributed by atoms with Gasteiger partial charge in [-0.05, 0) is 24.1 Å². The lowest BCUT2D eigenvalue weighted by atomic mass is 9.97. The minimum absolute atomic E-state index is 0.264. The summed E-state index contributed by atoms with van der Waals surface area (Å²) in [7, 11) is 0. The van der Waals surface area contributed by atoms with E-state index in [0.717, 1.165) is 29.9 Å². The van der Waals surface area contributed by atoms with Crippen LogP contribution in [0.25, 0.3) is 0 Å². The van der Waals surface area contributed by atoms with Gasteiger partial charge in [-0.25, -0.2) is 0 Å². The van der Waals surface area contributed by atoms with Gasteiger partial charge in [0.25, 0.3) is 0 Å². The first-order chi connectivity index (χ1) is 6.74. The lowest BCUT2D eigenvalue weighted by Gasteiger charge is -2.13. The number of aliphatic hydroxyl groups is 1. The molecule has 0 amide bonds. The van der Waals surface area contributed by atoms with Crippen molar-refractivity contribution in [2.45, 2.75) is 19.4 Å². The van der Waals surface area contributed by atoms with Gasteiger partial charge in [0.15, 0.2) is 0 Å². The average molecular weight is 193 g/mol. The first-order valence-corrected chi connectivity index (χ1v) is 4.87. The van der Waals surface area contributed by atoms with Crippen LogP contribution in [-0.2, 0) is 6.42 Å². The van der Waals surface area contributed by atoms with Gasteiger partial charge in [-0.3, -0.25) is 0 Å². The zero-order valence-corrected chi connectivity index (χ0v) is 8.29. The summed E-state index contributed by atoms with van der Waals surface area (Å²) in [6.45, 7) is 3.03. The Balaban J connectivity index is 2.44. The molecule has 1 aliphatic heterocycles. The van der Waals surface area contributed by atoms with E-state index in [1.54, 1.807) is 0 Å². The summed E-state index contributed by atoms with van der Waals surface area (Å²) in [5.41, 5.74) is 8.71. The molecule has 1 atom stereocenters. The maximum Gasteiger partial charge on any atom is 0.122 e. The molecule has 0 saturated carbocycles. The van der Waals surface area contributed by atoms with Gasteiger partial charge in [-0.2, -0.15) is 0 Å². The molecule has 0 saturated heterocycles. The Morgan fingerprint density at radius 2 is 2.36 bits per heavy atom. The third-order valence-corrected chi connectivity index (χ3v) is 2.79. The van der Waals surface area contributed by atoms with E-state index in [9.17, 15) is 5.11 Å². The van der Waals surface area contributed by atoms with Crippen LogP contribution in [0.2, 0.25) is 0 Å². The average Bonchev–Trinajstić information content (AvgIpc) is 2.66. The molecule has 1 aromatic carbocycles. The molecule has 3 nitrogen and oxygen atoms in total. The Labute approximate surface area is 83.5 Å². The van der Waals surface area contributed by atoms with Gasteiger partial charge in [0.2, 0.25) is 0 Å². The molecule has 1 aromatic rings. The molecule has 0 bridgehead atoms. The van der Waals surface area contributed by atoms with E-state index in [1.807, 2.05) is 19.1 Å². The lowest BCUT2D eigenvalue weighted by Crippen LogP contribution is -2.13. The van der Waals surface area contributed by atoms with Gasteiger partial charge in [0, 0.05) is 18.5 Å². The van der Waals surface area contributed by atoms with E-state index < -0.39 is 6.10 Å². The van der Waals surface area contributed by atoms with Crippen LogP contribution < -0.4 is 10.5 Å². The Hall–Kier alpha value is -1.06. The van der Waals surface area contributed by atoms with Crippen LogP contribution >= 0.6 is 0 Å². The monoisotopic (exact) mass is 193 g/mol. The normalized spacial score (nSPS) is 16.2. The summed E-state index contributed by atoms with van der Waals surface area (Å²) in [6, 6.07) is 3.82. The summed E-state index contributed by atoms with van der Waals surface area (Å²) in [6.07, 6.45) is 0.382. The highest BCUT2D eigenvalue weighted by Gasteiger charge is 2.18. The minimum atomic E-state index is -0.555. The van der Waals surface area contributed by atoms with Crippen molar-refractivity contribution < 1.29 is 9.84 Å². The predicted octanol–water partition coefficient (Wildman–Crippen LogP) is 0.922. The standard InChI is InChI=1S/C11H15NO2/c1-7-8(10(13)6-12)2-3-11-9(7)4-5-14-11/h2-3,10,13H,4-6,12H2,1H3. The summed E-state index contributed by atoms with van der Waals surface area (Å²) >= 11 is 0. The van der Waals surface area contributed by atoms with E-state index in [4.69, 9.17) is 10.5 Å². The second-order valence-corrected chi connectivity index (χ2v) is 3.61. The summed E-state index contributed by atoms with van der Waals surface area (Å²) in [4.78, 5) is 0. The van der Waals surface area contributed by atoms with Gasteiger partial charge >= 0.3 is 0 Å². The van der Waals surface area contributed by atoms with Gasteiger partial charge < -0.3 is 15.6 Å². The van der Waals surface area contributed by atoms with Gasteiger partial charge in [0.05, 0.1) is 12.7 Å². The Morgan fingerprint density at radius 1 is 1.57 bits per heavy atom. The summed E-state index contributed by atoms with van der Waals surface area (Å²) in [5, 5.41) is 9.68. The number of fused-ring (bicyclic) bond motifs is 1. The molecule has 76 valence electrons. The highest BCUT2D eigenvalue weighted by molar-refractivity contribution is 5.47. The number of nitrogens with two attached hydrogens (primary N) is 1. The van der Waals surface area contributed by atoms with Crippen LogP contribution in [-0.4, -0.2) is 18.3 Å². The van der Waals surface area contributed by atoms with Crippen molar-refractivity contribution in [3.63, 3.8) is 0 Å². The van der Waals surface area contributed by atoms with E-state index in [1.165, 1.54) is 5.56 Å². The molecule has 0 aliphatic carbocycles. The van der Waals surface area contributed by atoms with Crippen molar-refractivity contribution in [3.8, 4) is 5.75 Å². The number of rotatable bonds is 2. The molecule has 3 heteroatoms. The van der Waals surface area contributed by atoms with E-state index >= 15 is 0 Å². The van der Waals surface area contributed by atoms with E-state index in [2.05, 4.69) is 0 Å². The van der Waals surface area contributed by atoms with Crippen molar-refractivity contribution >= 4 is 0 Å². The summed E-state index contributed by atoms with van der Waals surface area (Å²) in [5.74, 6) is 0.954. The fourth-order valence-electron chi connectivity index (χ4n) is 1.95. The number of ether oxygens (including phenoxy) is 1. The molecular formula is C11H15NO2. The molecule has 1 heterocycles. The number of aliphatic hydroxyl groups excluding tert-OH is 1. The predicted molar refractivity (Wildman–Crippen MR) is 54.4 cm³/mol. The smallest absolute Gasteiger partial charge is 0.122 e. The third kappa shape index (κ3) is 1.38. The lowest BCUT2D eigenvalue weighted by molar-refractivity contribution is 0.186. The van der Waals surface area contributed by atoms with Crippen molar-refractivity contribution in [2.24, 2.45) is 5.73 Å². The zero-order valence-electron chi connectivity index (χ0n) is 8.29. The van der Waals surface area contributed by atoms with Crippen LogP contribution in [0.5, 0.6) is 5.75 Å². The molecule has 3 N–H and O–H groups in total. The van der Waals surface area contributed by atoms with E-state index in [-0.39, 0.29) is 6.54 Å². The number of benzene rings is 1. The SMILES string of the molecule is Cc1c(C(O)CN)ccc2c1CCO2. The van der Waals surface area contributed by atoms with Crippen molar-refractivity contribution in [2.75, 3.05) is 13.2 Å². The number of hydrogen-bond donors (Lipinski definition) is 2. The third-order valence-electron chi connectivity index (χ3n) is 2.79. The van der Waals surface area contributed by atoms with Gasteiger partial charge in [-0.1, -0.05) is 6.07 Å². The minimum Gasteiger partial charge on any atom is -0.493 e. The highest BCUT2D eigenvalue weighted by Crippen LogP contribution is 2.32. The second kappa shape index (κ2) is 3.59. The van der Waals surface area contributed by atoms with Crippen LogP contribution in [0.15, 0.2) is 12.1 Å². The zero-order chi connectivity index (χ0) is 10.1. The van der Waals surface area contributed by atoms with Gasteiger partial charge in [0.1, 0.15) is 5.75 Å². The number of hydrogen-bond acceptors (Lipinski definition) is 3. The van der Waals surface area contributed by atoms with Crippen molar-refractivity contribution in [1.29, 1.82) is 0 Å². The molecule has 1 unspecified atom stereocenters. The molecule has 2 rings (SSSR count). The highest BCUT2D eigenvalue weighted by atomic mass is 16.5. The maximum absolute atomic E-state index is 9.68. The Bertz CT molecular complexity index is 349. The van der Waals surface area contributed by atoms with Crippen LogP contribution in [0.1, 0.15) is 22.8 Å². The first-order valence-electron chi connectivity index (χ1n) is 4.87. The molecule has 1 aliphatic rings. The van der Waals surface area contributed by atoms with Crippen molar-refractivity contribution in [1.82, 2.24) is 0 Å². The van der Waals surface area contributed by atoms with Crippen molar-refractivity contribution in [3.05, 3.63) is 28.8 Å². The van der Waals surface area contributed by atoms with Gasteiger partial charge in [-0.15, -0.1) is 0 Å². The summed E-state index contributed by atoms with van der Waals surface area (Å²) < 4.78 is 5.43. The molecule has 14 heavy (non-hydrogen) atoms. The second-order valence-electron chi connectivity index (χ2n) is 3.61. The topological polar surface area (TPSA) is 55.5 Å². The molecular weight excluding hydrogens is 178 g/mol. The Morgan fingerprint density at radius 3 is 3.07 bits per heavy atom. The molecule has 0 spiro atoms. The Kier molecular flexibility index (Phi) is 2.44. The first kappa shape index (κ1) is 9.49. The van der Waals surface area contributed by atoms with Crippen LogP contribution in [0.3, 0.4) is 0 Å². The largest absolute Gasteiger partial charge is 0.493 e. The van der Waals surface area contributed by atoms with Crippen LogP contribution in [0.4, 0.5) is 0 Å². The quantitative estimate of drug-likeness (QED) is 0.734. The fourth-order valence-corrected chi connectivity index (χ4v) is 1.95. The fraction of sp³-hybridized carbons (Fsp3) is 0.455. The maximum atomic E-state index is 9.68. The molecule has 0 radical (unpaired) electrons. The molecule has 0 fully saturated rings. The van der Waals surface area contributed by atoms with Crippen LogP contribution in [0, 0.1) is 6.92 Å². The molecule has 0 aromatic heterocycles. The van der Waals surface area contributed by atoms with E-state index in [0.29, 0.717) is 0 Å².